The van der Waals surface area contributed by atoms with Crippen molar-refractivity contribution < 1.29 is 9.53 Å². The van der Waals surface area contributed by atoms with Crippen molar-refractivity contribution in [1.29, 1.82) is 0 Å². The number of hydrogen-bond acceptors (Lipinski definition) is 5. The molecule has 6 heteroatoms. The molecule has 0 aliphatic carbocycles. The topological polar surface area (TPSA) is 59.4 Å². The number of aryl methyl sites for hydroxylation is 1. The smallest absolute Gasteiger partial charge is 0.170 e. The Hall–Kier alpha value is -2.18. The van der Waals surface area contributed by atoms with Crippen molar-refractivity contribution in [1.82, 2.24) is 20.0 Å². The van der Waals surface area contributed by atoms with Crippen LogP contribution in [0.1, 0.15) is 41.0 Å². The van der Waals surface area contributed by atoms with E-state index in [0.29, 0.717) is 6.42 Å². The van der Waals surface area contributed by atoms with Gasteiger partial charge in [-0.15, -0.1) is 0 Å². The molecule has 1 aromatic carbocycles. The van der Waals surface area contributed by atoms with Crippen molar-refractivity contribution in [3.63, 3.8) is 0 Å². The van der Waals surface area contributed by atoms with Gasteiger partial charge in [0.15, 0.2) is 5.78 Å². The third kappa shape index (κ3) is 2.83. The van der Waals surface area contributed by atoms with Crippen LogP contribution < -0.4 is 10.1 Å². The Morgan fingerprint density at radius 1 is 1.27 bits per heavy atom. The number of hydrogen-bond donors (Lipinski definition) is 1. The lowest BCUT2D eigenvalue weighted by Crippen LogP contribution is -2.44. The molecule has 0 bridgehead atoms. The van der Waals surface area contributed by atoms with E-state index < -0.39 is 0 Å². The summed E-state index contributed by atoms with van der Waals surface area (Å²) in [5.74, 6) is 0.943. The fourth-order valence-corrected chi connectivity index (χ4v) is 4.46. The van der Waals surface area contributed by atoms with Crippen LogP contribution in [0, 0.1) is 0 Å². The maximum atomic E-state index is 12.6. The summed E-state index contributed by atoms with van der Waals surface area (Å²) in [5, 5.41) is 8.23. The monoisotopic (exact) mass is 352 g/mol. The number of fused-ring (bicyclic) bond motifs is 2. The highest BCUT2D eigenvalue weighted by molar-refractivity contribution is 6.00. The number of nitrogens with zero attached hydrogens (tertiary/aromatic N) is 3. The zero-order chi connectivity index (χ0) is 17.6. The molecule has 1 N–H and O–H groups in total. The van der Waals surface area contributed by atoms with Gasteiger partial charge in [0.1, 0.15) is 11.4 Å². The molecule has 1 aromatic heterocycles. The van der Waals surface area contributed by atoms with Crippen molar-refractivity contribution in [2.45, 2.75) is 44.5 Å². The van der Waals surface area contributed by atoms with Crippen LogP contribution in [0.4, 0.5) is 0 Å². The predicted molar refractivity (Wildman–Crippen MR) is 97.2 cm³/mol. The van der Waals surface area contributed by atoms with Gasteiger partial charge in [0, 0.05) is 39.1 Å². The summed E-state index contributed by atoms with van der Waals surface area (Å²) in [6.45, 7) is 5.48. The number of nitrogens with one attached hydrogen (secondary N) is 1. The second kappa shape index (κ2) is 6.21. The summed E-state index contributed by atoms with van der Waals surface area (Å²) in [4.78, 5) is 14.9. The molecule has 0 saturated carbocycles. The van der Waals surface area contributed by atoms with Crippen molar-refractivity contribution in [3.8, 4) is 5.75 Å². The van der Waals surface area contributed by atoms with Crippen molar-refractivity contribution >= 4 is 5.78 Å². The van der Waals surface area contributed by atoms with Gasteiger partial charge in [-0.05, 0) is 31.2 Å². The molecular weight excluding hydrogens is 328 g/mol. The van der Waals surface area contributed by atoms with E-state index in [1.54, 1.807) is 0 Å². The fraction of sp³-hybridized carbons (Fsp3) is 0.500. The summed E-state index contributed by atoms with van der Waals surface area (Å²) >= 11 is 0. The van der Waals surface area contributed by atoms with E-state index in [9.17, 15) is 4.79 Å². The molecule has 1 fully saturated rings. The zero-order valence-electron chi connectivity index (χ0n) is 14.9. The first-order valence-electron chi connectivity index (χ1n) is 9.51. The van der Waals surface area contributed by atoms with Gasteiger partial charge in [-0.25, -0.2) is 0 Å². The standard InChI is InChI=1S/C20H24N4O2/c25-18-11-20(26-19-5-2-1-4-17(18)19)6-9-23(14-20)13-15-10-16-12-21-7-3-8-24(16)22-15/h1-2,4-5,10,21H,3,6-9,11-14H2/t20-/m1/s1. The quantitative estimate of drug-likeness (QED) is 0.896. The molecule has 1 spiro atoms. The molecule has 6 nitrogen and oxygen atoms in total. The van der Waals surface area contributed by atoms with E-state index in [1.165, 1.54) is 5.69 Å². The largest absolute Gasteiger partial charge is 0.485 e. The normalized spacial score (nSPS) is 25.6. The number of likely N-dealkylation sites (tertiary alicyclic amines) is 1. The number of carbonyl (C=O) groups excluding carboxylic acids is 1. The summed E-state index contributed by atoms with van der Waals surface area (Å²) in [6.07, 6.45) is 2.49. The molecule has 2 aromatic rings. The lowest BCUT2D eigenvalue weighted by Gasteiger charge is -2.34. The molecule has 1 saturated heterocycles. The van der Waals surface area contributed by atoms with Gasteiger partial charge < -0.3 is 10.1 Å². The van der Waals surface area contributed by atoms with Crippen LogP contribution >= 0.6 is 0 Å². The lowest BCUT2D eigenvalue weighted by atomic mass is 9.89. The molecule has 136 valence electrons. The van der Waals surface area contributed by atoms with Gasteiger partial charge in [0.05, 0.1) is 23.4 Å². The van der Waals surface area contributed by atoms with Crippen LogP contribution in [-0.4, -0.2) is 45.7 Å². The zero-order valence-corrected chi connectivity index (χ0v) is 14.9. The average Bonchev–Trinajstić information content (AvgIpc) is 3.12. The lowest BCUT2D eigenvalue weighted by molar-refractivity contribution is 0.0454. The van der Waals surface area contributed by atoms with E-state index in [-0.39, 0.29) is 11.4 Å². The first-order chi connectivity index (χ1) is 12.7. The van der Waals surface area contributed by atoms with Crippen molar-refractivity contribution in [2.75, 3.05) is 19.6 Å². The predicted octanol–water partition coefficient (Wildman–Crippen LogP) is 1.99. The highest BCUT2D eigenvalue weighted by atomic mass is 16.5. The SMILES string of the molecule is O=C1C[C@@]2(CCN(Cc3cc4n(n3)CCCNC4)C2)Oc2ccccc21. The molecule has 0 unspecified atom stereocenters. The van der Waals surface area contributed by atoms with Crippen LogP contribution in [0.2, 0.25) is 0 Å². The Morgan fingerprint density at radius 2 is 2.19 bits per heavy atom. The molecule has 3 aliphatic rings. The van der Waals surface area contributed by atoms with Crippen LogP contribution in [0.3, 0.4) is 0 Å². The Kier molecular flexibility index (Phi) is 3.83. The van der Waals surface area contributed by atoms with Gasteiger partial charge in [0.25, 0.3) is 0 Å². The van der Waals surface area contributed by atoms with E-state index in [1.807, 2.05) is 24.3 Å². The second-order valence-corrected chi connectivity index (χ2v) is 7.72. The molecule has 0 amide bonds. The van der Waals surface area contributed by atoms with Gasteiger partial charge >= 0.3 is 0 Å². The van der Waals surface area contributed by atoms with Crippen molar-refractivity contribution in [2.24, 2.45) is 0 Å². The molecule has 5 rings (SSSR count). The van der Waals surface area contributed by atoms with Crippen LogP contribution in [-0.2, 0) is 19.6 Å². The molecule has 4 heterocycles. The minimum absolute atomic E-state index is 0.202. The van der Waals surface area contributed by atoms with Gasteiger partial charge in [0.2, 0.25) is 0 Å². The molecule has 3 aliphatic heterocycles. The summed E-state index contributed by atoms with van der Waals surface area (Å²) < 4.78 is 8.46. The Labute approximate surface area is 153 Å². The molecular formula is C20H24N4O2. The van der Waals surface area contributed by atoms with Gasteiger partial charge in [-0.3, -0.25) is 14.4 Å². The molecule has 0 radical (unpaired) electrons. The Morgan fingerprint density at radius 3 is 3.15 bits per heavy atom. The highest BCUT2D eigenvalue weighted by Crippen LogP contribution is 2.38. The third-order valence-corrected chi connectivity index (χ3v) is 5.72. The van der Waals surface area contributed by atoms with Crippen molar-refractivity contribution in [3.05, 3.63) is 47.3 Å². The molecule has 1 atom stereocenters. The van der Waals surface area contributed by atoms with Crippen LogP contribution in [0.15, 0.2) is 30.3 Å². The maximum Gasteiger partial charge on any atom is 0.170 e. The van der Waals surface area contributed by atoms with E-state index in [2.05, 4.69) is 21.0 Å². The van der Waals surface area contributed by atoms with Gasteiger partial charge in [-0.1, -0.05) is 12.1 Å². The van der Waals surface area contributed by atoms with Gasteiger partial charge in [-0.2, -0.15) is 5.10 Å². The first-order valence-corrected chi connectivity index (χ1v) is 9.51. The Bertz CT molecular complexity index is 823. The number of Topliss-reactive ketones (excluding diaryl/α,β-unsaturated/α-hetero) is 1. The third-order valence-electron chi connectivity index (χ3n) is 5.72. The number of rotatable bonds is 2. The van der Waals surface area contributed by atoms with Crippen LogP contribution in [0.5, 0.6) is 5.75 Å². The number of aromatic nitrogens is 2. The summed E-state index contributed by atoms with van der Waals surface area (Å²) in [6, 6.07) is 9.83. The Balaban J connectivity index is 1.30. The molecule has 26 heavy (non-hydrogen) atoms. The average molecular weight is 352 g/mol. The number of ketones is 1. The van der Waals surface area contributed by atoms with Crippen LogP contribution in [0.25, 0.3) is 0 Å². The van der Waals surface area contributed by atoms with E-state index in [4.69, 9.17) is 9.84 Å². The fourth-order valence-electron chi connectivity index (χ4n) is 4.46. The minimum atomic E-state index is -0.371. The maximum absolute atomic E-state index is 12.6. The van der Waals surface area contributed by atoms with E-state index >= 15 is 0 Å². The number of ether oxygens (including phenoxy) is 1. The summed E-state index contributed by atoms with van der Waals surface area (Å²) in [5.41, 5.74) is 2.73. The second-order valence-electron chi connectivity index (χ2n) is 7.72. The number of para-hydroxylation sites is 1. The van der Waals surface area contributed by atoms with E-state index in [0.717, 1.165) is 69.1 Å². The minimum Gasteiger partial charge on any atom is -0.485 e. The highest BCUT2D eigenvalue weighted by Gasteiger charge is 2.45. The summed E-state index contributed by atoms with van der Waals surface area (Å²) in [7, 11) is 0. The first kappa shape index (κ1) is 16.0. The number of benzene rings is 1. The number of carbonyl (C=O) groups is 1.